The number of fused-ring (bicyclic) bond motifs is 2. The Hall–Kier alpha value is -2.86. The molecule has 30 heavy (non-hydrogen) atoms. The highest BCUT2D eigenvalue weighted by molar-refractivity contribution is 7.99. The van der Waals surface area contributed by atoms with E-state index in [0.29, 0.717) is 12.8 Å². The molecule has 2 heterocycles. The number of nitrogens with zero attached hydrogens (tertiary/aromatic N) is 2. The zero-order valence-electron chi connectivity index (χ0n) is 16.4. The number of para-hydroxylation sites is 1. The molecule has 6 heteroatoms. The smallest absolute Gasteiger partial charge is 0.247 e. The molecular formula is C24H22N2O3S. The van der Waals surface area contributed by atoms with Crippen LogP contribution >= 0.6 is 11.8 Å². The van der Waals surface area contributed by atoms with Crippen molar-refractivity contribution in [2.45, 2.75) is 23.8 Å². The lowest BCUT2D eigenvalue weighted by molar-refractivity contribution is -0.143. The molecule has 1 fully saturated rings. The van der Waals surface area contributed by atoms with Crippen molar-refractivity contribution in [3.05, 3.63) is 72.3 Å². The monoisotopic (exact) mass is 418 g/mol. The van der Waals surface area contributed by atoms with E-state index in [1.54, 1.807) is 16.7 Å². The summed E-state index contributed by atoms with van der Waals surface area (Å²) in [7, 11) is 0. The number of amides is 3. The second-order valence-electron chi connectivity index (χ2n) is 7.89. The SMILES string of the molecule is O=C1[C@H]2CC=CC[C@@H]2C(=O)N1CC(=O)N1c2ccccc2SC[C@@H]1c1ccccc1. The number of imide groups is 1. The predicted octanol–water partition coefficient (Wildman–Crippen LogP) is 3.82. The molecule has 2 aromatic rings. The third-order valence-corrected chi connectivity index (χ3v) is 7.32. The molecule has 3 amide bonds. The molecule has 0 unspecified atom stereocenters. The molecule has 1 aliphatic carbocycles. The third kappa shape index (κ3) is 3.16. The lowest BCUT2D eigenvalue weighted by atomic mass is 9.85. The summed E-state index contributed by atoms with van der Waals surface area (Å²) in [4.78, 5) is 43.3. The van der Waals surface area contributed by atoms with Crippen LogP contribution in [0, 0.1) is 11.8 Å². The predicted molar refractivity (Wildman–Crippen MR) is 116 cm³/mol. The van der Waals surface area contributed by atoms with Gasteiger partial charge < -0.3 is 4.90 Å². The highest BCUT2D eigenvalue weighted by Gasteiger charge is 2.48. The minimum Gasteiger partial charge on any atom is -0.301 e. The van der Waals surface area contributed by atoms with Crippen molar-refractivity contribution in [2.75, 3.05) is 17.2 Å². The fourth-order valence-corrected chi connectivity index (χ4v) is 5.82. The van der Waals surface area contributed by atoms with Crippen molar-refractivity contribution in [1.82, 2.24) is 4.90 Å². The van der Waals surface area contributed by atoms with Gasteiger partial charge in [0.2, 0.25) is 17.7 Å². The van der Waals surface area contributed by atoms with E-state index in [0.717, 1.165) is 21.9 Å². The molecule has 0 radical (unpaired) electrons. The number of thioether (sulfide) groups is 1. The van der Waals surface area contributed by atoms with Gasteiger partial charge in [-0.15, -0.1) is 11.8 Å². The van der Waals surface area contributed by atoms with Gasteiger partial charge >= 0.3 is 0 Å². The number of carbonyl (C=O) groups is 3. The summed E-state index contributed by atoms with van der Waals surface area (Å²) in [6.07, 6.45) is 5.08. The first kappa shape index (κ1) is 19.1. The summed E-state index contributed by atoms with van der Waals surface area (Å²) in [5.74, 6) is -0.542. The van der Waals surface area contributed by atoms with E-state index in [9.17, 15) is 14.4 Å². The maximum absolute atomic E-state index is 13.6. The Labute approximate surface area is 179 Å². The van der Waals surface area contributed by atoms with E-state index in [1.165, 1.54) is 4.90 Å². The van der Waals surface area contributed by atoms with Crippen molar-refractivity contribution in [1.29, 1.82) is 0 Å². The standard InChI is InChI=1S/C24H22N2O3S/c27-22(14-25-23(28)17-10-4-5-11-18(17)24(25)29)26-19-12-6-7-13-21(19)30-15-20(26)16-8-2-1-3-9-16/h1-9,12-13,17-18,20H,10-11,14-15H2/t17-,18-,20+/m0/s1. The van der Waals surface area contributed by atoms with Gasteiger partial charge in [-0.05, 0) is 30.5 Å². The number of allylic oxidation sites excluding steroid dienone is 2. The van der Waals surface area contributed by atoms with Crippen molar-refractivity contribution in [3.63, 3.8) is 0 Å². The summed E-state index contributed by atoms with van der Waals surface area (Å²) < 4.78 is 0. The molecule has 2 aromatic carbocycles. The number of hydrogen-bond donors (Lipinski definition) is 0. The highest BCUT2D eigenvalue weighted by Crippen LogP contribution is 2.43. The maximum atomic E-state index is 13.6. The van der Waals surface area contributed by atoms with Gasteiger partial charge in [0.25, 0.3) is 0 Å². The minimum absolute atomic E-state index is 0.143. The number of rotatable bonds is 3. The average molecular weight is 419 g/mol. The van der Waals surface area contributed by atoms with E-state index < -0.39 is 0 Å². The fraction of sp³-hybridized carbons (Fsp3) is 0.292. The quantitative estimate of drug-likeness (QED) is 0.562. The van der Waals surface area contributed by atoms with Crippen LogP contribution in [-0.2, 0) is 14.4 Å². The lowest BCUT2D eigenvalue weighted by Crippen LogP contribution is -2.46. The molecule has 3 atom stereocenters. The van der Waals surface area contributed by atoms with Crippen molar-refractivity contribution in [2.24, 2.45) is 11.8 Å². The van der Waals surface area contributed by atoms with Gasteiger partial charge in [0.05, 0.1) is 23.6 Å². The number of likely N-dealkylation sites (tertiary alicyclic amines) is 1. The number of anilines is 1. The highest BCUT2D eigenvalue weighted by atomic mass is 32.2. The van der Waals surface area contributed by atoms with Gasteiger partial charge in [0.15, 0.2) is 0 Å². The van der Waals surface area contributed by atoms with Crippen LogP contribution in [0.1, 0.15) is 24.4 Å². The molecule has 0 saturated carbocycles. The molecule has 0 N–H and O–H groups in total. The Kier molecular flexibility index (Phi) is 4.95. The first-order chi connectivity index (χ1) is 14.6. The first-order valence-electron chi connectivity index (χ1n) is 10.2. The van der Waals surface area contributed by atoms with Crippen molar-refractivity contribution >= 4 is 35.2 Å². The molecule has 2 aliphatic heterocycles. The zero-order chi connectivity index (χ0) is 20.7. The molecule has 152 valence electrons. The number of hydrogen-bond acceptors (Lipinski definition) is 4. The molecule has 5 rings (SSSR count). The van der Waals surface area contributed by atoms with Crippen molar-refractivity contribution in [3.8, 4) is 0 Å². The van der Waals surface area contributed by atoms with Crippen molar-refractivity contribution < 1.29 is 14.4 Å². The molecular weight excluding hydrogens is 396 g/mol. The Morgan fingerprint density at radius 2 is 1.53 bits per heavy atom. The summed E-state index contributed by atoms with van der Waals surface area (Å²) in [5, 5.41) is 0. The zero-order valence-corrected chi connectivity index (χ0v) is 17.3. The summed E-state index contributed by atoms with van der Waals surface area (Å²) in [6, 6.07) is 17.6. The molecule has 0 aromatic heterocycles. The second kappa shape index (κ2) is 7.76. The molecule has 3 aliphatic rings. The van der Waals surface area contributed by atoms with E-state index in [4.69, 9.17) is 0 Å². The summed E-state index contributed by atoms with van der Waals surface area (Å²) in [6.45, 7) is -0.201. The fourth-order valence-electron chi connectivity index (χ4n) is 4.65. The number of carbonyl (C=O) groups excluding carboxylic acids is 3. The van der Waals surface area contributed by atoms with Gasteiger partial charge in [-0.1, -0.05) is 54.6 Å². The normalized spacial score (nSPS) is 25.3. The van der Waals surface area contributed by atoms with E-state index >= 15 is 0 Å². The van der Waals surface area contributed by atoms with Crippen LogP contribution in [0.25, 0.3) is 0 Å². The van der Waals surface area contributed by atoms with Gasteiger partial charge in [0.1, 0.15) is 6.54 Å². The Morgan fingerprint density at radius 3 is 2.23 bits per heavy atom. The van der Waals surface area contributed by atoms with Crippen LogP contribution in [0.4, 0.5) is 5.69 Å². The molecule has 1 saturated heterocycles. The van der Waals surface area contributed by atoms with Gasteiger partial charge in [0, 0.05) is 10.6 Å². The van der Waals surface area contributed by atoms with Gasteiger partial charge in [-0.3, -0.25) is 19.3 Å². The topological polar surface area (TPSA) is 57.7 Å². The average Bonchev–Trinajstić information content (AvgIpc) is 3.04. The van der Waals surface area contributed by atoms with E-state index in [1.807, 2.05) is 66.7 Å². The Morgan fingerprint density at radius 1 is 0.900 bits per heavy atom. The van der Waals surface area contributed by atoms with E-state index in [2.05, 4.69) is 0 Å². The molecule has 0 bridgehead atoms. The summed E-state index contributed by atoms with van der Waals surface area (Å²) >= 11 is 1.72. The third-order valence-electron chi connectivity index (χ3n) is 6.18. The lowest BCUT2D eigenvalue weighted by Gasteiger charge is -2.37. The van der Waals surface area contributed by atoms with Gasteiger partial charge in [-0.2, -0.15) is 0 Å². The second-order valence-corrected chi connectivity index (χ2v) is 8.95. The van der Waals surface area contributed by atoms with Crippen LogP contribution in [0.5, 0.6) is 0 Å². The van der Waals surface area contributed by atoms with Crippen LogP contribution < -0.4 is 4.90 Å². The number of benzene rings is 2. The van der Waals surface area contributed by atoms with E-state index in [-0.39, 0.29) is 42.1 Å². The molecule has 5 nitrogen and oxygen atoms in total. The Balaban J connectivity index is 1.46. The molecule has 0 spiro atoms. The maximum Gasteiger partial charge on any atom is 0.247 e. The minimum atomic E-state index is -0.315. The first-order valence-corrected chi connectivity index (χ1v) is 11.2. The summed E-state index contributed by atoms with van der Waals surface area (Å²) in [5.41, 5.74) is 1.88. The van der Waals surface area contributed by atoms with Crippen LogP contribution in [0.2, 0.25) is 0 Å². The van der Waals surface area contributed by atoms with Crippen LogP contribution in [0.15, 0.2) is 71.6 Å². The largest absolute Gasteiger partial charge is 0.301 e. The van der Waals surface area contributed by atoms with Gasteiger partial charge in [-0.25, -0.2) is 0 Å². The van der Waals surface area contributed by atoms with Crippen LogP contribution in [0.3, 0.4) is 0 Å². The Bertz CT molecular complexity index is 1010. The van der Waals surface area contributed by atoms with Crippen LogP contribution in [-0.4, -0.2) is 34.9 Å².